The van der Waals surface area contributed by atoms with Crippen LogP contribution in [0.4, 0.5) is 0 Å². The number of aryl methyl sites for hydroxylation is 1. The molecule has 0 saturated carbocycles. The molecule has 0 amide bonds. The first-order chi connectivity index (χ1) is 8.85. The first-order valence-corrected chi connectivity index (χ1v) is 8.17. The molecule has 1 atom stereocenters. The number of hydrogen-bond donors (Lipinski definition) is 1. The van der Waals surface area contributed by atoms with Crippen molar-refractivity contribution in [3.8, 4) is 0 Å². The van der Waals surface area contributed by atoms with Gasteiger partial charge in [-0.25, -0.2) is 8.42 Å². The lowest BCUT2D eigenvalue weighted by Gasteiger charge is -2.13. The third-order valence-electron chi connectivity index (χ3n) is 3.13. The van der Waals surface area contributed by atoms with E-state index >= 15 is 0 Å². The van der Waals surface area contributed by atoms with Gasteiger partial charge in [0, 0.05) is 5.75 Å². The zero-order chi connectivity index (χ0) is 14.5. The number of carbonyl (C=O) groups is 1. The number of hydrogen-bond acceptors (Lipinski definition) is 3. The normalized spacial score (nSPS) is 13.2. The fraction of sp³-hybridized carbons (Fsp3) is 0.500. The van der Waals surface area contributed by atoms with Crippen molar-refractivity contribution < 1.29 is 18.3 Å². The van der Waals surface area contributed by atoms with E-state index in [4.69, 9.17) is 0 Å². The molecular formula is C14H20O4S. The van der Waals surface area contributed by atoms with Crippen molar-refractivity contribution in [1.29, 1.82) is 0 Å². The van der Waals surface area contributed by atoms with Crippen molar-refractivity contribution in [3.05, 3.63) is 35.4 Å². The molecule has 0 bridgehead atoms. The van der Waals surface area contributed by atoms with Gasteiger partial charge < -0.3 is 5.11 Å². The highest BCUT2D eigenvalue weighted by atomic mass is 32.2. The minimum Gasteiger partial charge on any atom is -0.481 e. The van der Waals surface area contributed by atoms with E-state index in [1.165, 1.54) is 0 Å². The van der Waals surface area contributed by atoms with Gasteiger partial charge in [-0.15, -0.1) is 0 Å². The fourth-order valence-electron chi connectivity index (χ4n) is 1.97. The molecule has 1 rings (SSSR count). The second-order valence-corrected chi connectivity index (χ2v) is 7.16. The molecule has 0 aromatic heterocycles. The van der Waals surface area contributed by atoms with E-state index in [1.807, 2.05) is 25.1 Å². The summed E-state index contributed by atoms with van der Waals surface area (Å²) in [7, 11) is -3.02. The van der Waals surface area contributed by atoms with E-state index in [-0.39, 0.29) is 11.5 Å². The monoisotopic (exact) mass is 284 g/mol. The van der Waals surface area contributed by atoms with Gasteiger partial charge in [0.25, 0.3) is 0 Å². The zero-order valence-electron chi connectivity index (χ0n) is 11.3. The Morgan fingerprint density at radius 1 is 1.37 bits per heavy atom. The van der Waals surface area contributed by atoms with Gasteiger partial charge in [-0.1, -0.05) is 36.8 Å². The molecule has 1 N–H and O–H groups in total. The molecule has 0 fully saturated rings. The Morgan fingerprint density at radius 3 is 2.58 bits per heavy atom. The lowest BCUT2D eigenvalue weighted by Crippen LogP contribution is -2.15. The van der Waals surface area contributed by atoms with Crippen LogP contribution in [0.15, 0.2) is 24.3 Å². The SMILES string of the molecule is CCS(=O)(=O)CCCC(C(=O)O)c1cccc(C)c1. The predicted octanol–water partition coefficient (Wildman–Crippen LogP) is 2.38. The summed E-state index contributed by atoms with van der Waals surface area (Å²) in [5.74, 6) is -1.37. The Hall–Kier alpha value is -1.36. The molecule has 106 valence electrons. The quantitative estimate of drug-likeness (QED) is 0.834. The molecule has 0 saturated heterocycles. The van der Waals surface area contributed by atoms with Crippen molar-refractivity contribution in [2.45, 2.75) is 32.6 Å². The average Bonchev–Trinajstić information content (AvgIpc) is 2.34. The van der Waals surface area contributed by atoms with Crippen molar-refractivity contribution in [2.75, 3.05) is 11.5 Å². The van der Waals surface area contributed by atoms with Crippen LogP contribution in [0.5, 0.6) is 0 Å². The van der Waals surface area contributed by atoms with Crippen LogP contribution in [0.1, 0.15) is 36.8 Å². The van der Waals surface area contributed by atoms with Crippen LogP contribution in [0.2, 0.25) is 0 Å². The number of aliphatic carboxylic acids is 1. The number of benzene rings is 1. The van der Waals surface area contributed by atoms with Crippen molar-refractivity contribution in [1.82, 2.24) is 0 Å². The smallest absolute Gasteiger partial charge is 0.310 e. The Morgan fingerprint density at radius 2 is 2.05 bits per heavy atom. The van der Waals surface area contributed by atoms with Crippen LogP contribution in [-0.4, -0.2) is 31.0 Å². The summed E-state index contributed by atoms with van der Waals surface area (Å²) in [4.78, 5) is 11.3. The van der Waals surface area contributed by atoms with Crippen molar-refractivity contribution >= 4 is 15.8 Å². The van der Waals surface area contributed by atoms with Crippen molar-refractivity contribution in [3.63, 3.8) is 0 Å². The highest BCUT2D eigenvalue weighted by Crippen LogP contribution is 2.23. The van der Waals surface area contributed by atoms with E-state index in [0.717, 1.165) is 11.1 Å². The molecule has 0 aliphatic rings. The van der Waals surface area contributed by atoms with Crippen LogP contribution in [0.3, 0.4) is 0 Å². The Balaban J connectivity index is 2.72. The minimum atomic E-state index is -3.02. The van der Waals surface area contributed by atoms with E-state index in [1.54, 1.807) is 13.0 Å². The molecule has 0 spiro atoms. The highest BCUT2D eigenvalue weighted by molar-refractivity contribution is 7.91. The van der Waals surface area contributed by atoms with Crippen LogP contribution >= 0.6 is 0 Å². The maximum Gasteiger partial charge on any atom is 0.310 e. The van der Waals surface area contributed by atoms with Gasteiger partial charge in [-0.3, -0.25) is 4.79 Å². The largest absolute Gasteiger partial charge is 0.481 e. The van der Waals surface area contributed by atoms with Crippen LogP contribution in [-0.2, 0) is 14.6 Å². The van der Waals surface area contributed by atoms with Gasteiger partial charge in [0.05, 0.1) is 11.7 Å². The van der Waals surface area contributed by atoms with E-state index in [0.29, 0.717) is 12.8 Å². The molecule has 1 aromatic rings. The molecule has 0 heterocycles. The van der Waals surface area contributed by atoms with Crippen LogP contribution < -0.4 is 0 Å². The van der Waals surface area contributed by atoms with E-state index < -0.39 is 21.7 Å². The van der Waals surface area contributed by atoms with Gasteiger partial charge in [0.1, 0.15) is 9.84 Å². The summed E-state index contributed by atoms with van der Waals surface area (Å²) in [6.45, 7) is 3.51. The molecule has 0 aliphatic heterocycles. The predicted molar refractivity (Wildman–Crippen MR) is 75.1 cm³/mol. The molecule has 1 aromatic carbocycles. The summed E-state index contributed by atoms with van der Waals surface area (Å²) >= 11 is 0. The maximum absolute atomic E-state index is 11.4. The summed E-state index contributed by atoms with van der Waals surface area (Å²) in [5.41, 5.74) is 1.74. The lowest BCUT2D eigenvalue weighted by atomic mass is 9.93. The van der Waals surface area contributed by atoms with Crippen LogP contribution in [0.25, 0.3) is 0 Å². The zero-order valence-corrected chi connectivity index (χ0v) is 12.1. The third-order valence-corrected chi connectivity index (χ3v) is 4.92. The maximum atomic E-state index is 11.4. The van der Waals surface area contributed by atoms with Gasteiger partial charge in [-0.05, 0) is 25.3 Å². The fourth-order valence-corrected chi connectivity index (χ4v) is 2.87. The standard InChI is InChI=1S/C14H20O4S/c1-3-19(17,18)9-5-8-13(14(15)16)12-7-4-6-11(2)10-12/h4,6-7,10,13H,3,5,8-9H2,1-2H3,(H,15,16). The van der Waals surface area contributed by atoms with Crippen molar-refractivity contribution in [2.24, 2.45) is 0 Å². The molecular weight excluding hydrogens is 264 g/mol. The Kier molecular flexibility index (Phi) is 5.54. The number of carboxylic acid groups (broad SMARTS) is 1. The second kappa shape index (κ2) is 6.70. The van der Waals surface area contributed by atoms with Crippen LogP contribution in [0, 0.1) is 6.92 Å². The molecule has 19 heavy (non-hydrogen) atoms. The Labute approximate surface area is 114 Å². The minimum absolute atomic E-state index is 0.0547. The van der Waals surface area contributed by atoms with Gasteiger partial charge in [-0.2, -0.15) is 0 Å². The van der Waals surface area contributed by atoms with Gasteiger partial charge in [0.15, 0.2) is 0 Å². The molecule has 5 heteroatoms. The summed E-state index contributed by atoms with van der Waals surface area (Å²) in [6, 6.07) is 7.35. The summed E-state index contributed by atoms with van der Waals surface area (Å²) < 4.78 is 22.8. The number of carboxylic acids is 1. The topological polar surface area (TPSA) is 71.4 Å². The van der Waals surface area contributed by atoms with Gasteiger partial charge in [0.2, 0.25) is 0 Å². The van der Waals surface area contributed by atoms with E-state index in [2.05, 4.69) is 0 Å². The average molecular weight is 284 g/mol. The van der Waals surface area contributed by atoms with Gasteiger partial charge >= 0.3 is 5.97 Å². The molecule has 0 radical (unpaired) electrons. The summed E-state index contributed by atoms with van der Waals surface area (Å²) in [5, 5.41) is 9.25. The first kappa shape index (κ1) is 15.7. The molecule has 0 aliphatic carbocycles. The van der Waals surface area contributed by atoms with E-state index in [9.17, 15) is 18.3 Å². The number of rotatable bonds is 7. The second-order valence-electron chi connectivity index (χ2n) is 4.68. The molecule has 4 nitrogen and oxygen atoms in total. The Bertz CT molecular complexity index is 534. The highest BCUT2D eigenvalue weighted by Gasteiger charge is 2.20. The first-order valence-electron chi connectivity index (χ1n) is 6.35. The molecule has 1 unspecified atom stereocenters. The number of sulfone groups is 1. The third kappa shape index (κ3) is 5.03. The summed E-state index contributed by atoms with van der Waals surface area (Å²) in [6.07, 6.45) is 0.721. The lowest BCUT2D eigenvalue weighted by molar-refractivity contribution is -0.139.